The summed E-state index contributed by atoms with van der Waals surface area (Å²) in [7, 11) is 0. The van der Waals surface area contributed by atoms with Gasteiger partial charge in [-0.2, -0.15) is 4.98 Å². The number of aliphatic carboxylic acids is 1. The van der Waals surface area contributed by atoms with Crippen LogP contribution in [0.1, 0.15) is 19.1 Å². The molecule has 152 valence electrons. The Bertz CT molecular complexity index is 1070. The number of carbonyl (C=O) groups is 1. The van der Waals surface area contributed by atoms with Crippen LogP contribution in [0, 0.1) is 5.41 Å². The number of anilines is 1. The number of carboxylic acids is 1. The molecule has 0 radical (unpaired) electrons. The number of aliphatic hydroxyl groups excluding tert-OH is 3. The third-order valence-electron chi connectivity index (χ3n) is 5.37. The largest absolute Gasteiger partial charge is 0.481 e. The summed E-state index contributed by atoms with van der Waals surface area (Å²) in [6.45, 7) is -0.880. The normalized spacial score (nSPS) is 28.7. The van der Waals surface area contributed by atoms with Crippen LogP contribution in [0.5, 0.6) is 0 Å². The van der Waals surface area contributed by atoms with Crippen molar-refractivity contribution < 1.29 is 30.0 Å². The van der Waals surface area contributed by atoms with E-state index in [0.29, 0.717) is 12.8 Å². The molecular formula is C15H19N5O8. The summed E-state index contributed by atoms with van der Waals surface area (Å²) in [6.07, 6.45) is -4.99. The van der Waals surface area contributed by atoms with Gasteiger partial charge in [-0.15, -0.1) is 0 Å². The molecule has 13 nitrogen and oxygen atoms in total. The fraction of sp³-hybridized carbons (Fsp3) is 0.600. The second-order valence-corrected chi connectivity index (χ2v) is 7.18. The maximum atomic E-state index is 13.1. The van der Waals surface area contributed by atoms with Gasteiger partial charge >= 0.3 is 11.7 Å². The predicted octanol–water partition coefficient (Wildman–Crippen LogP) is -3.06. The average Bonchev–Trinajstić information content (AvgIpc) is 3.31. The minimum Gasteiger partial charge on any atom is -0.481 e. The quantitative estimate of drug-likeness (QED) is 0.300. The van der Waals surface area contributed by atoms with Crippen molar-refractivity contribution >= 4 is 23.1 Å². The maximum Gasteiger partial charge on any atom is 0.332 e. The van der Waals surface area contributed by atoms with Crippen LogP contribution < -0.4 is 17.0 Å². The standard InChI is InChI=1S/C15H19N5O8/c16-13-17-9-6(10(24)18-13)19(4-15(1-2-15)12(25)26)14(27)20(9)11-8(23)7(22)5(3-21)28-11/h5,7-8,11,21-23H,1-4H2,(H,25,26)(H3,16,17,18,24). The van der Waals surface area contributed by atoms with Crippen LogP contribution in [0.2, 0.25) is 0 Å². The smallest absolute Gasteiger partial charge is 0.332 e. The SMILES string of the molecule is Nc1nc2c(c(=O)[nH]1)n(CC1(C(=O)O)CC1)c(=O)n2C1OC(CO)C(O)C1O. The molecule has 1 saturated heterocycles. The first-order chi connectivity index (χ1) is 13.2. The van der Waals surface area contributed by atoms with E-state index in [1.807, 2.05) is 0 Å². The highest BCUT2D eigenvalue weighted by molar-refractivity contribution is 5.78. The van der Waals surface area contributed by atoms with E-state index in [9.17, 15) is 34.8 Å². The molecule has 2 aromatic rings. The van der Waals surface area contributed by atoms with E-state index in [4.69, 9.17) is 10.5 Å². The number of hydrogen-bond donors (Lipinski definition) is 6. The Labute approximate surface area is 155 Å². The molecular weight excluding hydrogens is 378 g/mol. The van der Waals surface area contributed by atoms with Gasteiger partial charge in [0.2, 0.25) is 5.95 Å². The summed E-state index contributed by atoms with van der Waals surface area (Å²) < 4.78 is 7.20. The van der Waals surface area contributed by atoms with E-state index in [2.05, 4.69) is 9.97 Å². The van der Waals surface area contributed by atoms with Crippen molar-refractivity contribution in [2.45, 2.75) is 43.9 Å². The lowest BCUT2D eigenvalue weighted by atomic mass is 10.1. The summed E-state index contributed by atoms with van der Waals surface area (Å²) in [6, 6.07) is 0. The molecule has 4 unspecified atom stereocenters. The van der Waals surface area contributed by atoms with Crippen LogP contribution in [0.25, 0.3) is 11.2 Å². The first-order valence-corrected chi connectivity index (χ1v) is 8.56. The first kappa shape index (κ1) is 18.6. The zero-order valence-corrected chi connectivity index (χ0v) is 14.5. The van der Waals surface area contributed by atoms with E-state index in [-0.39, 0.29) is 23.7 Å². The minimum absolute atomic E-state index is 0.218. The molecule has 4 rings (SSSR count). The third-order valence-corrected chi connectivity index (χ3v) is 5.37. The van der Waals surface area contributed by atoms with Gasteiger partial charge in [-0.05, 0) is 12.8 Å². The Balaban J connectivity index is 1.93. The molecule has 0 spiro atoms. The molecule has 13 heteroatoms. The van der Waals surface area contributed by atoms with Crippen molar-refractivity contribution in [1.29, 1.82) is 0 Å². The van der Waals surface area contributed by atoms with Crippen LogP contribution in [0.4, 0.5) is 5.95 Å². The number of nitrogen functional groups attached to an aromatic ring is 1. The molecule has 2 aliphatic rings. The highest BCUT2D eigenvalue weighted by Gasteiger charge is 2.52. The molecule has 0 bridgehead atoms. The van der Waals surface area contributed by atoms with E-state index >= 15 is 0 Å². The molecule has 3 heterocycles. The van der Waals surface area contributed by atoms with Crippen LogP contribution in [-0.2, 0) is 16.1 Å². The Morgan fingerprint density at radius 3 is 2.54 bits per heavy atom. The van der Waals surface area contributed by atoms with Crippen LogP contribution in [0.15, 0.2) is 9.59 Å². The number of nitrogens with zero attached hydrogens (tertiary/aromatic N) is 3. The number of fused-ring (bicyclic) bond motifs is 1. The summed E-state index contributed by atoms with van der Waals surface area (Å²) in [5.74, 6) is -1.39. The number of nitrogens with one attached hydrogen (secondary N) is 1. The molecule has 7 N–H and O–H groups in total. The van der Waals surface area contributed by atoms with Crippen molar-refractivity contribution in [3.8, 4) is 0 Å². The van der Waals surface area contributed by atoms with Gasteiger partial charge in [0, 0.05) is 6.54 Å². The number of aliphatic hydroxyl groups is 3. The monoisotopic (exact) mass is 397 g/mol. The van der Waals surface area contributed by atoms with Crippen molar-refractivity contribution in [2.24, 2.45) is 5.41 Å². The number of aromatic amines is 1. The molecule has 1 saturated carbocycles. The Morgan fingerprint density at radius 2 is 2.00 bits per heavy atom. The van der Waals surface area contributed by atoms with Gasteiger partial charge in [0.25, 0.3) is 5.56 Å². The van der Waals surface area contributed by atoms with Crippen LogP contribution in [-0.4, -0.2) is 70.4 Å². The zero-order valence-electron chi connectivity index (χ0n) is 14.5. The van der Waals surface area contributed by atoms with Crippen LogP contribution in [0.3, 0.4) is 0 Å². The highest BCUT2D eigenvalue weighted by Crippen LogP contribution is 2.47. The first-order valence-electron chi connectivity index (χ1n) is 8.56. The summed E-state index contributed by atoms with van der Waals surface area (Å²) in [4.78, 5) is 43.3. The number of nitrogens with two attached hydrogens (primary N) is 1. The van der Waals surface area contributed by atoms with Gasteiger partial charge in [-0.25, -0.2) is 9.36 Å². The third kappa shape index (κ3) is 2.55. The lowest BCUT2D eigenvalue weighted by molar-refractivity contribution is -0.143. The summed E-state index contributed by atoms with van der Waals surface area (Å²) >= 11 is 0. The molecule has 28 heavy (non-hydrogen) atoms. The fourth-order valence-electron chi connectivity index (χ4n) is 3.56. The van der Waals surface area contributed by atoms with Gasteiger partial charge in [-0.3, -0.25) is 19.1 Å². The van der Waals surface area contributed by atoms with Crippen molar-refractivity contribution in [3.05, 3.63) is 20.8 Å². The lowest BCUT2D eigenvalue weighted by Gasteiger charge is -2.16. The maximum absolute atomic E-state index is 13.1. The number of hydrogen-bond acceptors (Lipinski definition) is 9. The number of imidazole rings is 1. The van der Waals surface area contributed by atoms with E-state index in [1.54, 1.807) is 0 Å². The molecule has 0 amide bonds. The van der Waals surface area contributed by atoms with Crippen molar-refractivity contribution in [3.63, 3.8) is 0 Å². The lowest BCUT2D eigenvalue weighted by Crippen LogP contribution is -2.37. The number of H-pyrrole nitrogens is 1. The number of carboxylic acid groups (broad SMARTS) is 1. The van der Waals surface area contributed by atoms with Crippen LogP contribution >= 0.6 is 0 Å². The molecule has 0 aromatic carbocycles. The molecule has 4 atom stereocenters. The molecule has 2 fully saturated rings. The van der Waals surface area contributed by atoms with E-state index < -0.39 is 53.8 Å². The second-order valence-electron chi connectivity index (χ2n) is 7.18. The summed E-state index contributed by atoms with van der Waals surface area (Å²) in [5, 5.41) is 39.0. The highest BCUT2D eigenvalue weighted by atomic mass is 16.6. The van der Waals surface area contributed by atoms with Gasteiger partial charge in [0.15, 0.2) is 17.4 Å². The Kier molecular flexibility index (Phi) is 4.08. The number of ether oxygens (including phenoxy) is 1. The number of rotatable bonds is 5. The Morgan fingerprint density at radius 1 is 1.32 bits per heavy atom. The predicted molar refractivity (Wildman–Crippen MR) is 91.3 cm³/mol. The fourth-order valence-corrected chi connectivity index (χ4v) is 3.56. The molecule has 2 aromatic heterocycles. The van der Waals surface area contributed by atoms with Crippen molar-refractivity contribution in [1.82, 2.24) is 19.1 Å². The number of aromatic nitrogens is 4. The van der Waals surface area contributed by atoms with Gasteiger partial charge in [0.1, 0.15) is 18.3 Å². The van der Waals surface area contributed by atoms with Gasteiger partial charge < -0.3 is 30.9 Å². The molecule has 1 aliphatic carbocycles. The topological polar surface area (TPSA) is 206 Å². The van der Waals surface area contributed by atoms with Gasteiger partial charge in [-0.1, -0.05) is 0 Å². The minimum atomic E-state index is -1.59. The van der Waals surface area contributed by atoms with Crippen molar-refractivity contribution in [2.75, 3.05) is 12.3 Å². The second kappa shape index (κ2) is 6.13. The Hall–Kier alpha value is -2.74. The van der Waals surface area contributed by atoms with Gasteiger partial charge in [0.05, 0.1) is 12.0 Å². The van der Waals surface area contributed by atoms with E-state index in [1.165, 1.54) is 0 Å². The zero-order chi connectivity index (χ0) is 20.4. The summed E-state index contributed by atoms with van der Waals surface area (Å²) in [5.41, 5.74) is 2.37. The van der Waals surface area contributed by atoms with E-state index in [0.717, 1.165) is 9.13 Å². The average molecular weight is 397 g/mol. The molecule has 1 aliphatic heterocycles.